The lowest BCUT2D eigenvalue weighted by atomic mass is 10.1. The summed E-state index contributed by atoms with van der Waals surface area (Å²) in [5.41, 5.74) is 0.915. The maximum absolute atomic E-state index is 10.9. The molecule has 0 aromatic heterocycles. The number of hydrogen-bond acceptors (Lipinski definition) is 3. The van der Waals surface area contributed by atoms with E-state index >= 15 is 0 Å². The number of aliphatic hydroxyl groups excluding tert-OH is 1. The molecule has 0 saturated heterocycles. The van der Waals surface area contributed by atoms with Crippen LogP contribution in [0.3, 0.4) is 0 Å². The minimum atomic E-state index is -1.32. The fraction of sp³-hybridized carbons (Fsp3) is 0.200. The van der Waals surface area contributed by atoms with Crippen molar-refractivity contribution in [3.05, 3.63) is 35.4 Å². The summed E-state index contributed by atoms with van der Waals surface area (Å²) in [4.78, 5) is 21.5. The van der Waals surface area contributed by atoms with Crippen LogP contribution in [0.1, 0.15) is 28.9 Å². The number of benzene rings is 1. The highest BCUT2D eigenvalue weighted by atomic mass is 35.5. The largest absolute Gasteiger partial charge is 0.379 e. The number of halogens is 1. The Labute approximate surface area is 86.3 Å². The van der Waals surface area contributed by atoms with Gasteiger partial charge >= 0.3 is 0 Å². The summed E-state index contributed by atoms with van der Waals surface area (Å²) in [6, 6.07) is 6.09. The van der Waals surface area contributed by atoms with Gasteiger partial charge in [0, 0.05) is 5.56 Å². The van der Waals surface area contributed by atoms with Gasteiger partial charge in [-0.15, -0.1) is 0 Å². The molecular formula is C10H9ClO3. The minimum absolute atomic E-state index is 0.0664. The van der Waals surface area contributed by atoms with Crippen molar-refractivity contribution in [3.63, 3.8) is 0 Å². The molecule has 74 valence electrons. The molecule has 1 unspecified atom stereocenters. The average molecular weight is 213 g/mol. The Bertz CT molecular complexity index is 356. The lowest BCUT2D eigenvalue weighted by Crippen LogP contribution is -2.05. The summed E-state index contributed by atoms with van der Waals surface area (Å²) in [6.07, 6.45) is -1.32. The number of hydrogen-bond donors (Lipinski definition) is 1. The van der Waals surface area contributed by atoms with Crippen LogP contribution in [0.4, 0.5) is 0 Å². The van der Waals surface area contributed by atoms with Crippen LogP contribution < -0.4 is 0 Å². The van der Waals surface area contributed by atoms with Crippen molar-refractivity contribution in [2.75, 3.05) is 0 Å². The molecule has 1 aromatic rings. The Morgan fingerprint density at radius 3 is 2.14 bits per heavy atom. The van der Waals surface area contributed by atoms with Gasteiger partial charge in [0.25, 0.3) is 5.24 Å². The summed E-state index contributed by atoms with van der Waals surface area (Å²) >= 11 is 5.11. The van der Waals surface area contributed by atoms with Crippen molar-refractivity contribution in [2.45, 2.75) is 13.0 Å². The summed E-state index contributed by atoms with van der Waals surface area (Å²) in [6.45, 7) is 1.44. The molecule has 0 amide bonds. The van der Waals surface area contributed by atoms with Gasteiger partial charge in [0.15, 0.2) is 11.9 Å². The molecule has 0 bridgehead atoms. The number of rotatable bonds is 3. The molecule has 14 heavy (non-hydrogen) atoms. The first-order valence-corrected chi connectivity index (χ1v) is 4.38. The van der Waals surface area contributed by atoms with Gasteiger partial charge in [0.05, 0.1) is 0 Å². The zero-order valence-electron chi connectivity index (χ0n) is 7.53. The van der Waals surface area contributed by atoms with Crippen LogP contribution in [-0.4, -0.2) is 16.1 Å². The van der Waals surface area contributed by atoms with Gasteiger partial charge < -0.3 is 5.11 Å². The minimum Gasteiger partial charge on any atom is -0.379 e. The molecule has 0 saturated carbocycles. The molecular weight excluding hydrogens is 204 g/mol. The molecule has 0 radical (unpaired) electrons. The molecule has 0 aliphatic carbocycles. The van der Waals surface area contributed by atoms with Gasteiger partial charge in [-0.1, -0.05) is 24.3 Å². The van der Waals surface area contributed by atoms with E-state index in [0.717, 1.165) is 0 Å². The monoisotopic (exact) mass is 212 g/mol. The fourth-order valence-electron chi connectivity index (χ4n) is 1.03. The molecule has 0 fully saturated rings. The van der Waals surface area contributed by atoms with E-state index in [9.17, 15) is 14.7 Å². The lowest BCUT2D eigenvalue weighted by Gasteiger charge is -2.05. The zero-order valence-corrected chi connectivity index (χ0v) is 8.28. The summed E-state index contributed by atoms with van der Waals surface area (Å²) < 4.78 is 0. The second-order valence-corrected chi connectivity index (χ2v) is 3.26. The van der Waals surface area contributed by atoms with Crippen LogP contribution in [0.15, 0.2) is 24.3 Å². The maximum atomic E-state index is 10.9. The number of carbonyl (C=O) groups is 2. The normalized spacial score (nSPS) is 12.2. The summed E-state index contributed by atoms with van der Waals surface area (Å²) in [5, 5.41) is 8.43. The van der Waals surface area contributed by atoms with Crippen molar-refractivity contribution in [3.8, 4) is 0 Å². The van der Waals surface area contributed by atoms with Crippen LogP contribution in [-0.2, 0) is 4.79 Å². The van der Waals surface area contributed by atoms with Crippen molar-refractivity contribution >= 4 is 22.6 Å². The quantitative estimate of drug-likeness (QED) is 0.613. The maximum Gasteiger partial charge on any atom is 0.254 e. The summed E-state index contributed by atoms with van der Waals surface area (Å²) in [7, 11) is 0. The number of carbonyl (C=O) groups excluding carboxylic acids is 2. The molecule has 1 atom stereocenters. The van der Waals surface area contributed by atoms with Gasteiger partial charge in [0.1, 0.15) is 0 Å². The van der Waals surface area contributed by atoms with Crippen molar-refractivity contribution < 1.29 is 14.7 Å². The summed E-state index contributed by atoms with van der Waals surface area (Å²) in [5.74, 6) is -0.0664. The fourth-order valence-corrected chi connectivity index (χ4v) is 1.16. The Balaban J connectivity index is 2.94. The van der Waals surface area contributed by atoms with Crippen molar-refractivity contribution in [1.82, 2.24) is 0 Å². The van der Waals surface area contributed by atoms with Gasteiger partial charge in [-0.25, -0.2) is 0 Å². The first-order chi connectivity index (χ1) is 6.52. The van der Waals surface area contributed by atoms with Crippen molar-refractivity contribution in [1.29, 1.82) is 0 Å². The highest BCUT2D eigenvalue weighted by molar-refractivity contribution is 6.64. The third kappa shape index (κ3) is 2.40. The Hall–Kier alpha value is -1.19. The van der Waals surface area contributed by atoms with Crippen molar-refractivity contribution in [2.24, 2.45) is 0 Å². The highest BCUT2D eigenvalue weighted by Crippen LogP contribution is 2.16. The van der Waals surface area contributed by atoms with E-state index in [0.29, 0.717) is 11.1 Å². The zero-order chi connectivity index (χ0) is 10.7. The number of aliphatic hydroxyl groups is 1. The standard InChI is InChI=1S/C10H9ClO3/c1-6(12)7-2-4-8(5-3-7)9(13)10(11)14/h2-5,9,13H,1H3. The van der Waals surface area contributed by atoms with Gasteiger partial charge in [-0.3, -0.25) is 9.59 Å². The Kier molecular flexibility index (Phi) is 3.38. The molecule has 0 aliphatic heterocycles. The second-order valence-electron chi connectivity index (χ2n) is 2.88. The van der Waals surface area contributed by atoms with E-state index in [4.69, 9.17) is 11.6 Å². The molecule has 4 heteroatoms. The first kappa shape index (κ1) is 10.9. The van der Waals surface area contributed by atoms with E-state index in [1.807, 2.05) is 0 Å². The topological polar surface area (TPSA) is 54.4 Å². The lowest BCUT2D eigenvalue weighted by molar-refractivity contribution is -0.119. The Morgan fingerprint density at radius 1 is 1.29 bits per heavy atom. The van der Waals surface area contributed by atoms with Crippen LogP contribution >= 0.6 is 11.6 Å². The van der Waals surface area contributed by atoms with Crippen LogP contribution in [0.2, 0.25) is 0 Å². The van der Waals surface area contributed by atoms with E-state index in [2.05, 4.69) is 0 Å². The average Bonchev–Trinajstić information content (AvgIpc) is 2.16. The van der Waals surface area contributed by atoms with Crippen LogP contribution in [0, 0.1) is 0 Å². The van der Waals surface area contributed by atoms with E-state index in [-0.39, 0.29) is 5.78 Å². The smallest absolute Gasteiger partial charge is 0.254 e. The van der Waals surface area contributed by atoms with Gasteiger partial charge in [-0.2, -0.15) is 0 Å². The van der Waals surface area contributed by atoms with E-state index in [1.165, 1.54) is 19.1 Å². The number of ketones is 1. The third-order valence-corrected chi connectivity index (χ3v) is 2.05. The SMILES string of the molecule is CC(=O)c1ccc(C(O)C(=O)Cl)cc1. The first-order valence-electron chi connectivity index (χ1n) is 4.00. The molecule has 3 nitrogen and oxygen atoms in total. The van der Waals surface area contributed by atoms with E-state index < -0.39 is 11.3 Å². The Morgan fingerprint density at radius 2 is 1.79 bits per heavy atom. The molecule has 0 aliphatic rings. The third-order valence-electron chi connectivity index (χ3n) is 1.85. The predicted octanol–water partition coefficient (Wildman–Crippen LogP) is 1.69. The highest BCUT2D eigenvalue weighted by Gasteiger charge is 2.14. The molecule has 1 rings (SSSR count). The molecule has 0 heterocycles. The number of Topliss-reactive ketones (excluding diaryl/α,β-unsaturated/α-hetero) is 1. The van der Waals surface area contributed by atoms with Crippen LogP contribution in [0.5, 0.6) is 0 Å². The molecule has 1 N–H and O–H groups in total. The van der Waals surface area contributed by atoms with Gasteiger partial charge in [-0.05, 0) is 24.1 Å². The predicted molar refractivity (Wildman–Crippen MR) is 52.3 cm³/mol. The molecule has 0 spiro atoms. The van der Waals surface area contributed by atoms with Crippen LogP contribution in [0.25, 0.3) is 0 Å². The molecule has 1 aromatic carbocycles. The van der Waals surface area contributed by atoms with E-state index in [1.54, 1.807) is 12.1 Å². The van der Waals surface area contributed by atoms with Gasteiger partial charge in [0.2, 0.25) is 0 Å². The second kappa shape index (κ2) is 4.35.